The summed E-state index contributed by atoms with van der Waals surface area (Å²) in [4.78, 5) is 28.2. The molecule has 0 amide bonds. The molecule has 1 fully saturated rings. The van der Waals surface area contributed by atoms with E-state index in [0.717, 1.165) is 44.2 Å². The molecule has 170 valence electrons. The summed E-state index contributed by atoms with van der Waals surface area (Å²) in [6.07, 6.45) is 1.30. The third kappa shape index (κ3) is 6.01. The Morgan fingerprint density at radius 2 is 1.47 bits per heavy atom. The molecule has 32 heavy (non-hydrogen) atoms. The van der Waals surface area contributed by atoms with E-state index in [1.165, 1.54) is 31.7 Å². The summed E-state index contributed by atoms with van der Waals surface area (Å²) >= 11 is 0. The minimum Gasteiger partial charge on any atom is -0.497 e. The van der Waals surface area contributed by atoms with Crippen molar-refractivity contribution in [1.82, 2.24) is 4.90 Å². The first-order valence-electron chi connectivity index (χ1n) is 10.4. The van der Waals surface area contributed by atoms with Crippen LogP contribution in [0, 0.1) is 0 Å². The number of anilines is 2. The molecule has 8 nitrogen and oxygen atoms in total. The lowest BCUT2D eigenvalue weighted by Gasteiger charge is -2.36. The molecule has 0 unspecified atom stereocenters. The molecule has 0 aromatic heterocycles. The number of carbonyl (C=O) groups excluding carboxylic acids is 2. The molecule has 1 aliphatic rings. The third-order valence-electron chi connectivity index (χ3n) is 5.36. The molecule has 0 spiro atoms. The molecule has 0 radical (unpaired) electrons. The molecule has 0 atom stereocenters. The smallest absolute Gasteiger partial charge is 0.346 e. The van der Waals surface area contributed by atoms with Gasteiger partial charge in [-0.3, -0.25) is 4.90 Å². The number of carbonyl (C=O) groups is 2. The number of methoxy groups -OCH3 is 3. The van der Waals surface area contributed by atoms with Crippen molar-refractivity contribution in [2.75, 3.05) is 57.7 Å². The van der Waals surface area contributed by atoms with Crippen molar-refractivity contribution in [3.8, 4) is 5.75 Å². The lowest BCUT2D eigenvalue weighted by molar-refractivity contribution is -0.144. The number of esters is 2. The van der Waals surface area contributed by atoms with E-state index < -0.39 is 11.9 Å². The number of ether oxygens (including phenoxy) is 3. The number of nitrogens with one attached hydrogen (secondary N) is 1. The van der Waals surface area contributed by atoms with Crippen molar-refractivity contribution in [3.63, 3.8) is 0 Å². The minimum atomic E-state index is -0.755. The summed E-state index contributed by atoms with van der Waals surface area (Å²) < 4.78 is 14.5. The van der Waals surface area contributed by atoms with Crippen LogP contribution in [0.1, 0.15) is 5.56 Å². The van der Waals surface area contributed by atoms with Crippen LogP contribution in [-0.2, 0) is 25.6 Å². The first-order chi connectivity index (χ1) is 15.5. The van der Waals surface area contributed by atoms with Crippen LogP contribution in [0.2, 0.25) is 0 Å². The fourth-order valence-corrected chi connectivity index (χ4v) is 3.50. The number of benzene rings is 2. The van der Waals surface area contributed by atoms with E-state index in [9.17, 15) is 9.59 Å². The zero-order chi connectivity index (χ0) is 22.9. The Hall–Kier alpha value is -3.52. The highest BCUT2D eigenvalue weighted by Gasteiger charge is 2.20. The Kier molecular flexibility index (Phi) is 8.10. The first kappa shape index (κ1) is 23.1. The summed E-state index contributed by atoms with van der Waals surface area (Å²) in [6.45, 7) is 4.77. The second kappa shape index (κ2) is 11.2. The van der Waals surface area contributed by atoms with Gasteiger partial charge in [-0.25, -0.2) is 9.59 Å². The Morgan fingerprint density at radius 3 is 2.00 bits per heavy atom. The lowest BCUT2D eigenvalue weighted by atomic mass is 10.1. The molecule has 1 aliphatic heterocycles. The summed E-state index contributed by atoms with van der Waals surface area (Å²) in [6, 6.07) is 16.1. The number of rotatable bonds is 8. The predicted octanol–water partition coefficient (Wildman–Crippen LogP) is 2.66. The topological polar surface area (TPSA) is 80.3 Å². The Morgan fingerprint density at radius 1 is 0.875 bits per heavy atom. The highest BCUT2D eigenvalue weighted by atomic mass is 16.5. The molecular formula is C24H29N3O5. The van der Waals surface area contributed by atoms with Crippen molar-refractivity contribution in [2.45, 2.75) is 6.54 Å². The van der Waals surface area contributed by atoms with Crippen LogP contribution in [-0.4, -0.2) is 64.3 Å². The SMILES string of the molecule is COC(=O)C(=CNc1ccc(CN2CCN(c3ccc(OC)cc3)CC2)cc1)C(=O)OC. The molecule has 1 heterocycles. The van der Waals surface area contributed by atoms with Gasteiger partial charge < -0.3 is 24.4 Å². The van der Waals surface area contributed by atoms with Crippen LogP contribution in [0.4, 0.5) is 11.4 Å². The Bertz CT molecular complexity index is 915. The van der Waals surface area contributed by atoms with Gasteiger partial charge in [-0.05, 0) is 42.0 Å². The lowest BCUT2D eigenvalue weighted by Crippen LogP contribution is -2.45. The second-order valence-electron chi connectivity index (χ2n) is 7.34. The summed E-state index contributed by atoms with van der Waals surface area (Å²) in [5.74, 6) is -0.642. The zero-order valence-electron chi connectivity index (χ0n) is 18.7. The predicted molar refractivity (Wildman–Crippen MR) is 123 cm³/mol. The van der Waals surface area contributed by atoms with Crippen LogP contribution in [0.3, 0.4) is 0 Å². The Balaban J connectivity index is 1.52. The maximum Gasteiger partial charge on any atom is 0.346 e. The maximum absolute atomic E-state index is 11.7. The quantitative estimate of drug-likeness (QED) is 0.291. The van der Waals surface area contributed by atoms with Crippen molar-refractivity contribution >= 4 is 23.3 Å². The normalized spacial score (nSPS) is 13.8. The number of hydrogen-bond acceptors (Lipinski definition) is 8. The summed E-state index contributed by atoms with van der Waals surface area (Å²) in [7, 11) is 4.10. The van der Waals surface area contributed by atoms with Gasteiger partial charge >= 0.3 is 11.9 Å². The van der Waals surface area contributed by atoms with E-state index in [0.29, 0.717) is 0 Å². The van der Waals surface area contributed by atoms with Crippen LogP contribution in [0.5, 0.6) is 5.75 Å². The van der Waals surface area contributed by atoms with Gasteiger partial charge in [0.15, 0.2) is 5.57 Å². The van der Waals surface area contributed by atoms with E-state index >= 15 is 0 Å². The maximum atomic E-state index is 11.7. The van der Waals surface area contributed by atoms with Gasteiger partial charge in [-0.2, -0.15) is 0 Å². The standard InChI is InChI=1S/C24H29N3O5/c1-30-21-10-8-20(9-11-21)27-14-12-26(13-15-27)17-18-4-6-19(7-5-18)25-16-22(23(28)31-2)24(29)32-3/h4-11,16,25H,12-15,17H2,1-3H3. The number of piperazine rings is 1. The van der Waals surface area contributed by atoms with E-state index in [4.69, 9.17) is 4.74 Å². The van der Waals surface area contributed by atoms with Crippen molar-refractivity contribution in [3.05, 3.63) is 65.9 Å². The molecule has 2 aromatic rings. The fraction of sp³-hybridized carbons (Fsp3) is 0.333. The first-order valence-corrected chi connectivity index (χ1v) is 10.4. The molecular weight excluding hydrogens is 410 g/mol. The highest BCUT2D eigenvalue weighted by molar-refractivity contribution is 6.14. The van der Waals surface area contributed by atoms with Crippen molar-refractivity contribution < 1.29 is 23.8 Å². The highest BCUT2D eigenvalue weighted by Crippen LogP contribution is 2.21. The van der Waals surface area contributed by atoms with Gasteiger partial charge in [-0.1, -0.05) is 12.1 Å². The molecule has 0 saturated carbocycles. The van der Waals surface area contributed by atoms with E-state index in [-0.39, 0.29) is 5.57 Å². The molecule has 1 saturated heterocycles. The third-order valence-corrected chi connectivity index (χ3v) is 5.36. The van der Waals surface area contributed by atoms with Crippen molar-refractivity contribution in [1.29, 1.82) is 0 Å². The van der Waals surface area contributed by atoms with Gasteiger partial charge in [0.2, 0.25) is 0 Å². The second-order valence-corrected chi connectivity index (χ2v) is 7.34. The molecule has 8 heteroatoms. The Labute approximate surface area is 188 Å². The molecule has 0 aliphatic carbocycles. The zero-order valence-corrected chi connectivity index (χ0v) is 18.7. The molecule has 3 rings (SSSR count). The summed E-state index contributed by atoms with van der Waals surface area (Å²) in [5, 5.41) is 2.95. The average molecular weight is 440 g/mol. The number of nitrogens with zero attached hydrogens (tertiary/aromatic N) is 2. The summed E-state index contributed by atoms with van der Waals surface area (Å²) in [5.41, 5.74) is 2.96. The van der Waals surface area contributed by atoms with Gasteiger partial charge in [0.1, 0.15) is 5.75 Å². The van der Waals surface area contributed by atoms with Gasteiger partial charge in [0.05, 0.1) is 21.3 Å². The van der Waals surface area contributed by atoms with E-state index in [1.54, 1.807) is 7.11 Å². The largest absolute Gasteiger partial charge is 0.497 e. The molecule has 0 bridgehead atoms. The van der Waals surface area contributed by atoms with Crippen molar-refractivity contribution in [2.24, 2.45) is 0 Å². The average Bonchev–Trinajstić information content (AvgIpc) is 2.85. The van der Waals surface area contributed by atoms with Gasteiger partial charge in [0, 0.05) is 50.3 Å². The van der Waals surface area contributed by atoms with Gasteiger partial charge in [0.25, 0.3) is 0 Å². The monoisotopic (exact) mass is 439 g/mol. The van der Waals surface area contributed by atoms with E-state index in [2.05, 4.69) is 36.7 Å². The van der Waals surface area contributed by atoms with Gasteiger partial charge in [-0.15, -0.1) is 0 Å². The van der Waals surface area contributed by atoms with Crippen LogP contribution in [0.15, 0.2) is 60.3 Å². The van der Waals surface area contributed by atoms with Crippen LogP contribution in [0.25, 0.3) is 0 Å². The minimum absolute atomic E-state index is 0.200. The van der Waals surface area contributed by atoms with Crippen LogP contribution < -0.4 is 15.0 Å². The van der Waals surface area contributed by atoms with E-state index in [1.807, 2.05) is 36.4 Å². The van der Waals surface area contributed by atoms with Crippen LogP contribution >= 0.6 is 0 Å². The number of hydrogen-bond donors (Lipinski definition) is 1. The fourth-order valence-electron chi connectivity index (χ4n) is 3.50. The molecule has 1 N–H and O–H groups in total. The molecule has 2 aromatic carbocycles.